The Balaban J connectivity index is 2.28. The molecule has 0 heterocycles. The molecule has 98 valence electrons. The summed E-state index contributed by atoms with van der Waals surface area (Å²) in [7, 11) is 0. The largest absolute Gasteiger partial charge is 0.508 e. The normalized spacial score (nSPS) is 10.2. The van der Waals surface area contributed by atoms with Crippen LogP contribution in [0.15, 0.2) is 36.4 Å². The summed E-state index contributed by atoms with van der Waals surface area (Å²) in [6.45, 7) is 1.83. The van der Waals surface area contributed by atoms with Crippen LogP contribution in [0, 0.1) is 6.92 Å². The van der Waals surface area contributed by atoms with Crippen LogP contribution >= 0.6 is 11.6 Å². The fourth-order valence-electron chi connectivity index (χ4n) is 1.62. The SMILES string of the molecule is Cc1ccc(NC(=O)c2cc(O)ccc2Cl)c(O)c1. The van der Waals surface area contributed by atoms with Gasteiger partial charge in [-0.2, -0.15) is 0 Å². The summed E-state index contributed by atoms with van der Waals surface area (Å²) in [5, 5.41) is 21.8. The maximum Gasteiger partial charge on any atom is 0.257 e. The molecule has 0 aliphatic carbocycles. The molecule has 0 atom stereocenters. The van der Waals surface area contributed by atoms with E-state index in [2.05, 4.69) is 5.32 Å². The van der Waals surface area contributed by atoms with E-state index in [0.29, 0.717) is 0 Å². The number of amides is 1. The van der Waals surface area contributed by atoms with Crippen LogP contribution in [-0.2, 0) is 0 Å². The van der Waals surface area contributed by atoms with Gasteiger partial charge in [-0.25, -0.2) is 0 Å². The highest BCUT2D eigenvalue weighted by Crippen LogP contribution is 2.26. The van der Waals surface area contributed by atoms with Crippen molar-refractivity contribution in [3.63, 3.8) is 0 Å². The molecule has 5 heteroatoms. The zero-order chi connectivity index (χ0) is 14.0. The van der Waals surface area contributed by atoms with E-state index in [9.17, 15) is 15.0 Å². The minimum absolute atomic E-state index is 0.0235. The lowest BCUT2D eigenvalue weighted by molar-refractivity contribution is 0.102. The molecule has 0 spiro atoms. The minimum atomic E-state index is -0.500. The van der Waals surface area contributed by atoms with Crippen LogP contribution in [0.2, 0.25) is 5.02 Å². The first-order valence-electron chi connectivity index (χ1n) is 5.57. The monoisotopic (exact) mass is 277 g/mol. The van der Waals surface area contributed by atoms with Crippen molar-refractivity contribution in [3.05, 3.63) is 52.5 Å². The first-order chi connectivity index (χ1) is 8.97. The number of anilines is 1. The summed E-state index contributed by atoms with van der Waals surface area (Å²) >= 11 is 5.89. The predicted molar refractivity (Wildman–Crippen MR) is 73.9 cm³/mol. The number of aryl methyl sites for hydroxylation is 1. The highest BCUT2D eigenvalue weighted by atomic mass is 35.5. The molecular formula is C14H12ClNO3. The molecule has 0 radical (unpaired) electrons. The van der Waals surface area contributed by atoms with Crippen molar-refractivity contribution in [2.45, 2.75) is 6.92 Å². The van der Waals surface area contributed by atoms with Crippen molar-refractivity contribution >= 4 is 23.2 Å². The van der Waals surface area contributed by atoms with Gasteiger partial charge >= 0.3 is 0 Å². The molecule has 0 saturated heterocycles. The van der Waals surface area contributed by atoms with Gasteiger partial charge in [-0.1, -0.05) is 17.7 Å². The molecule has 0 saturated carbocycles. The Morgan fingerprint density at radius 1 is 1.16 bits per heavy atom. The molecule has 3 N–H and O–H groups in total. The van der Waals surface area contributed by atoms with Gasteiger partial charge in [0, 0.05) is 0 Å². The number of rotatable bonds is 2. The van der Waals surface area contributed by atoms with Gasteiger partial charge in [0.2, 0.25) is 0 Å². The lowest BCUT2D eigenvalue weighted by Gasteiger charge is -2.09. The molecular weight excluding hydrogens is 266 g/mol. The van der Waals surface area contributed by atoms with Crippen molar-refractivity contribution in [1.82, 2.24) is 0 Å². The fraction of sp³-hybridized carbons (Fsp3) is 0.0714. The van der Waals surface area contributed by atoms with Crippen LogP contribution in [0.3, 0.4) is 0 Å². The van der Waals surface area contributed by atoms with Gasteiger partial charge in [0.25, 0.3) is 5.91 Å². The average molecular weight is 278 g/mol. The number of carbonyl (C=O) groups is 1. The van der Waals surface area contributed by atoms with E-state index in [1.807, 2.05) is 6.92 Å². The summed E-state index contributed by atoms with van der Waals surface area (Å²) in [6.07, 6.45) is 0. The molecule has 2 rings (SSSR count). The van der Waals surface area contributed by atoms with Crippen molar-refractivity contribution in [1.29, 1.82) is 0 Å². The van der Waals surface area contributed by atoms with Crippen molar-refractivity contribution < 1.29 is 15.0 Å². The molecule has 2 aromatic carbocycles. The Morgan fingerprint density at radius 2 is 1.89 bits per heavy atom. The lowest BCUT2D eigenvalue weighted by Crippen LogP contribution is -2.12. The lowest BCUT2D eigenvalue weighted by atomic mass is 10.1. The summed E-state index contributed by atoms with van der Waals surface area (Å²) < 4.78 is 0. The topological polar surface area (TPSA) is 69.6 Å². The van der Waals surface area contributed by atoms with Gasteiger partial charge in [-0.05, 0) is 42.8 Å². The molecule has 1 amide bonds. The Morgan fingerprint density at radius 3 is 2.58 bits per heavy atom. The van der Waals surface area contributed by atoms with Crippen LogP contribution < -0.4 is 5.32 Å². The third kappa shape index (κ3) is 2.98. The number of aromatic hydroxyl groups is 2. The Hall–Kier alpha value is -2.20. The molecule has 0 aromatic heterocycles. The molecule has 19 heavy (non-hydrogen) atoms. The second-order valence-corrected chi connectivity index (χ2v) is 4.55. The zero-order valence-electron chi connectivity index (χ0n) is 10.1. The van der Waals surface area contributed by atoms with E-state index in [-0.39, 0.29) is 27.8 Å². The number of carbonyl (C=O) groups excluding carboxylic acids is 1. The van der Waals surface area contributed by atoms with Gasteiger partial charge in [0.05, 0.1) is 16.3 Å². The van der Waals surface area contributed by atoms with E-state index in [0.717, 1.165) is 5.56 Å². The van der Waals surface area contributed by atoms with Gasteiger partial charge < -0.3 is 15.5 Å². The summed E-state index contributed by atoms with van der Waals surface area (Å²) in [5.74, 6) is -0.577. The van der Waals surface area contributed by atoms with Crippen molar-refractivity contribution in [3.8, 4) is 11.5 Å². The smallest absolute Gasteiger partial charge is 0.257 e. The minimum Gasteiger partial charge on any atom is -0.508 e. The number of benzene rings is 2. The van der Waals surface area contributed by atoms with Crippen LogP contribution in [0.5, 0.6) is 11.5 Å². The van der Waals surface area contributed by atoms with Crippen LogP contribution in [-0.4, -0.2) is 16.1 Å². The molecule has 0 fully saturated rings. The van der Waals surface area contributed by atoms with E-state index in [1.165, 1.54) is 18.2 Å². The van der Waals surface area contributed by atoms with Gasteiger partial charge in [0.15, 0.2) is 0 Å². The number of phenolic OH excluding ortho intramolecular Hbond substituents is 2. The van der Waals surface area contributed by atoms with Crippen LogP contribution in [0.25, 0.3) is 0 Å². The Labute approximate surface area is 115 Å². The molecule has 0 aliphatic heterocycles. The summed E-state index contributed by atoms with van der Waals surface area (Å²) in [4.78, 5) is 12.0. The Bertz CT molecular complexity index is 641. The Kier molecular flexibility index (Phi) is 3.62. The average Bonchev–Trinajstić information content (AvgIpc) is 2.35. The molecule has 0 unspecified atom stereocenters. The molecule has 0 bridgehead atoms. The second kappa shape index (κ2) is 5.20. The molecule has 4 nitrogen and oxygen atoms in total. The van der Waals surface area contributed by atoms with Crippen molar-refractivity contribution in [2.75, 3.05) is 5.32 Å². The first kappa shape index (κ1) is 13.2. The van der Waals surface area contributed by atoms with E-state index in [4.69, 9.17) is 11.6 Å². The van der Waals surface area contributed by atoms with E-state index < -0.39 is 5.91 Å². The maximum absolute atomic E-state index is 12.0. The van der Waals surface area contributed by atoms with E-state index >= 15 is 0 Å². The highest BCUT2D eigenvalue weighted by Gasteiger charge is 2.13. The molecule has 0 aliphatic rings. The second-order valence-electron chi connectivity index (χ2n) is 4.14. The van der Waals surface area contributed by atoms with Crippen molar-refractivity contribution in [2.24, 2.45) is 0 Å². The highest BCUT2D eigenvalue weighted by molar-refractivity contribution is 6.34. The van der Waals surface area contributed by atoms with Crippen LogP contribution in [0.1, 0.15) is 15.9 Å². The van der Waals surface area contributed by atoms with Crippen LogP contribution in [0.4, 0.5) is 5.69 Å². The van der Waals surface area contributed by atoms with E-state index in [1.54, 1.807) is 18.2 Å². The maximum atomic E-state index is 12.0. The van der Waals surface area contributed by atoms with Gasteiger partial charge in [-0.3, -0.25) is 4.79 Å². The number of hydrogen-bond acceptors (Lipinski definition) is 3. The third-order valence-corrected chi connectivity index (χ3v) is 2.93. The number of halogens is 1. The quantitative estimate of drug-likeness (QED) is 0.738. The number of hydrogen-bond donors (Lipinski definition) is 3. The third-order valence-electron chi connectivity index (χ3n) is 2.60. The number of nitrogens with one attached hydrogen (secondary N) is 1. The summed E-state index contributed by atoms with van der Waals surface area (Å²) in [5.41, 5.74) is 1.31. The number of phenols is 2. The predicted octanol–water partition coefficient (Wildman–Crippen LogP) is 3.31. The van der Waals surface area contributed by atoms with Gasteiger partial charge in [0.1, 0.15) is 11.5 Å². The molecule has 2 aromatic rings. The fourth-order valence-corrected chi connectivity index (χ4v) is 1.83. The standard InChI is InChI=1S/C14H12ClNO3/c1-8-2-5-12(13(18)6-8)16-14(19)10-7-9(17)3-4-11(10)15/h2-7,17-18H,1H3,(H,16,19). The van der Waals surface area contributed by atoms with Gasteiger partial charge in [-0.15, -0.1) is 0 Å². The zero-order valence-corrected chi connectivity index (χ0v) is 10.9. The first-order valence-corrected chi connectivity index (χ1v) is 5.94. The summed E-state index contributed by atoms with van der Waals surface area (Å²) in [6, 6.07) is 8.99.